The quantitative estimate of drug-likeness (QED) is 0.651. The smallest absolute Gasteiger partial charge is 0.317 e. The maximum absolute atomic E-state index is 12.5. The monoisotopic (exact) mass is 375 g/mol. The SMILES string of the molecule is CC(C)CC(CNC(=O)N1CCC(C)(C(=O)O)C1)NC(C)c1ccccc1. The summed E-state index contributed by atoms with van der Waals surface area (Å²) in [7, 11) is 0. The third-order valence-corrected chi connectivity index (χ3v) is 5.32. The lowest BCUT2D eigenvalue weighted by Gasteiger charge is -2.27. The fourth-order valence-electron chi connectivity index (χ4n) is 3.60. The molecule has 1 aliphatic rings. The zero-order valence-electron chi connectivity index (χ0n) is 16.9. The van der Waals surface area contributed by atoms with Gasteiger partial charge in [-0.2, -0.15) is 0 Å². The summed E-state index contributed by atoms with van der Waals surface area (Å²) < 4.78 is 0. The summed E-state index contributed by atoms with van der Waals surface area (Å²) in [4.78, 5) is 25.5. The summed E-state index contributed by atoms with van der Waals surface area (Å²) in [5.41, 5.74) is 0.378. The number of nitrogens with zero attached hydrogens (tertiary/aromatic N) is 1. The minimum absolute atomic E-state index is 0.151. The molecule has 1 fully saturated rings. The molecule has 150 valence electrons. The van der Waals surface area contributed by atoms with Crippen molar-refractivity contribution < 1.29 is 14.7 Å². The van der Waals surface area contributed by atoms with Crippen LogP contribution in [0.4, 0.5) is 4.79 Å². The maximum Gasteiger partial charge on any atom is 0.317 e. The number of hydrogen-bond donors (Lipinski definition) is 3. The molecule has 0 spiro atoms. The third kappa shape index (κ3) is 5.96. The Morgan fingerprint density at radius 3 is 2.44 bits per heavy atom. The second-order valence-electron chi connectivity index (χ2n) is 8.35. The van der Waals surface area contributed by atoms with Crippen molar-refractivity contribution in [2.45, 2.75) is 52.6 Å². The third-order valence-electron chi connectivity index (χ3n) is 5.32. The van der Waals surface area contributed by atoms with E-state index < -0.39 is 11.4 Å². The van der Waals surface area contributed by atoms with Crippen LogP contribution in [-0.2, 0) is 4.79 Å². The van der Waals surface area contributed by atoms with Crippen LogP contribution in [0.5, 0.6) is 0 Å². The molecule has 3 unspecified atom stereocenters. The second kappa shape index (κ2) is 9.22. The Kier molecular flexibility index (Phi) is 7.25. The van der Waals surface area contributed by atoms with Gasteiger partial charge >= 0.3 is 12.0 Å². The number of carboxylic acid groups (broad SMARTS) is 1. The molecule has 1 aliphatic heterocycles. The summed E-state index contributed by atoms with van der Waals surface area (Å²) >= 11 is 0. The molecule has 1 aromatic rings. The number of amides is 2. The van der Waals surface area contributed by atoms with Gasteiger partial charge in [-0.1, -0.05) is 44.2 Å². The first-order valence-electron chi connectivity index (χ1n) is 9.78. The Bertz CT molecular complexity index is 635. The normalized spacial score (nSPS) is 21.9. The molecule has 0 aromatic heterocycles. The number of aliphatic carboxylic acids is 1. The van der Waals surface area contributed by atoms with E-state index in [2.05, 4.69) is 43.5 Å². The van der Waals surface area contributed by atoms with Crippen molar-refractivity contribution in [2.75, 3.05) is 19.6 Å². The fraction of sp³-hybridized carbons (Fsp3) is 0.619. The molecule has 3 atom stereocenters. The molecule has 0 radical (unpaired) electrons. The van der Waals surface area contributed by atoms with Crippen molar-refractivity contribution in [3.05, 3.63) is 35.9 Å². The molecule has 2 amide bonds. The molecule has 2 rings (SSSR count). The van der Waals surface area contributed by atoms with Crippen LogP contribution in [0.3, 0.4) is 0 Å². The minimum Gasteiger partial charge on any atom is -0.481 e. The van der Waals surface area contributed by atoms with Gasteiger partial charge in [0.1, 0.15) is 0 Å². The molecule has 27 heavy (non-hydrogen) atoms. The highest BCUT2D eigenvalue weighted by molar-refractivity contribution is 5.79. The van der Waals surface area contributed by atoms with Gasteiger partial charge < -0.3 is 20.6 Å². The van der Waals surface area contributed by atoms with Crippen LogP contribution in [-0.4, -0.2) is 47.7 Å². The Labute approximate surface area is 162 Å². The summed E-state index contributed by atoms with van der Waals surface area (Å²) in [6, 6.07) is 10.4. The average molecular weight is 376 g/mol. The summed E-state index contributed by atoms with van der Waals surface area (Å²) in [6.45, 7) is 9.43. The number of rotatable bonds is 8. The highest BCUT2D eigenvalue weighted by atomic mass is 16.4. The Balaban J connectivity index is 1.90. The number of urea groups is 1. The van der Waals surface area contributed by atoms with Crippen LogP contribution >= 0.6 is 0 Å². The molecule has 3 N–H and O–H groups in total. The lowest BCUT2D eigenvalue weighted by molar-refractivity contribution is -0.147. The van der Waals surface area contributed by atoms with Gasteiger partial charge in [-0.3, -0.25) is 4.79 Å². The van der Waals surface area contributed by atoms with Gasteiger partial charge in [0.15, 0.2) is 0 Å². The van der Waals surface area contributed by atoms with Crippen molar-refractivity contribution in [1.29, 1.82) is 0 Å². The molecule has 1 aromatic carbocycles. The molecular formula is C21H33N3O3. The first kappa shape index (κ1) is 21.2. The van der Waals surface area contributed by atoms with Gasteiger partial charge in [0.25, 0.3) is 0 Å². The average Bonchev–Trinajstić information content (AvgIpc) is 3.03. The predicted molar refractivity (Wildman–Crippen MR) is 107 cm³/mol. The highest BCUT2D eigenvalue weighted by Crippen LogP contribution is 2.30. The van der Waals surface area contributed by atoms with Crippen molar-refractivity contribution in [3.63, 3.8) is 0 Å². The van der Waals surface area contributed by atoms with E-state index in [9.17, 15) is 14.7 Å². The van der Waals surface area contributed by atoms with Crippen LogP contribution < -0.4 is 10.6 Å². The number of carbonyl (C=O) groups excluding carboxylic acids is 1. The van der Waals surface area contributed by atoms with Crippen LogP contribution in [0, 0.1) is 11.3 Å². The van der Waals surface area contributed by atoms with Crippen LogP contribution in [0.15, 0.2) is 30.3 Å². The van der Waals surface area contributed by atoms with Gasteiger partial charge in [0, 0.05) is 31.7 Å². The van der Waals surface area contributed by atoms with Crippen LogP contribution in [0.2, 0.25) is 0 Å². The standard InChI is InChI=1S/C21H33N3O3/c1-15(2)12-18(23-16(3)17-8-6-5-7-9-17)13-22-20(27)24-11-10-21(4,14-24)19(25)26/h5-9,15-16,18,23H,10-14H2,1-4H3,(H,22,27)(H,25,26). The summed E-state index contributed by atoms with van der Waals surface area (Å²) in [5.74, 6) is -0.335. The summed E-state index contributed by atoms with van der Waals surface area (Å²) in [6.07, 6.45) is 1.44. The molecule has 1 saturated heterocycles. The van der Waals surface area contributed by atoms with E-state index in [4.69, 9.17) is 0 Å². The number of carboxylic acids is 1. The first-order valence-corrected chi connectivity index (χ1v) is 9.78. The van der Waals surface area contributed by atoms with E-state index in [0.29, 0.717) is 25.4 Å². The van der Waals surface area contributed by atoms with Gasteiger partial charge in [-0.15, -0.1) is 0 Å². The van der Waals surface area contributed by atoms with Crippen molar-refractivity contribution in [2.24, 2.45) is 11.3 Å². The van der Waals surface area contributed by atoms with Crippen molar-refractivity contribution in [3.8, 4) is 0 Å². The van der Waals surface area contributed by atoms with E-state index >= 15 is 0 Å². The number of hydrogen-bond acceptors (Lipinski definition) is 3. The predicted octanol–water partition coefficient (Wildman–Crippen LogP) is 3.26. The zero-order chi connectivity index (χ0) is 20.0. The topological polar surface area (TPSA) is 81.7 Å². The molecule has 0 bridgehead atoms. The molecular weight excluding hydrogens is 342 g/mol. The Morgan fingerprint density at radius 2 is 1.89 bits per heavy atom. The Hall–Kier alpha value is -2.08. The first-order chi connectivity index (χ1) is 12.7. The zero-order valence-corrected chi connectivity index (χ0v) is 16.9. The molecule has 0 saturated carbocycles. The number of benzene rings is 1. The van der Waals surface area contributed by atoms with Crippen LogP contribution in [0.25, 0.3) is 0 Å². The number of nitrogens with one attached hydrogen (secondary N) is 2. The van der Waals surface area contributed by atoms with E-state index in [0.717, 1.165) is 6.42 Å². The molecule has 6 nitrogen and oxygen atoms in total. The van der Waals surface area contributed by atoms with Gasteiger partial charge in [0.05, 0.1) is 5.41 Å². The highest BCUT2D eigenvalue weighted by Gasteiger charge is 2.42. The number of carbonyl (C=O) groups is 2. The minimum atomic E-state index is -0.839. The maximum atomic E-state index is 12.5. The molecule has 1 heterocycles. The van der Waals surface area contributed by atoms with Gasteiger partial charge in [-0.05, 0) is 38.2 Å². The lowest BCUT2D eigenvalue weighted by Crippen LogP contribution is -2.47. The van der Waals surface area contributed by atoms with E-state index in [1.54, 1.807) is 11.8 Å². The molecule has 0 aliphatic carbocycles. The van der Waals surface area contributed by atoms with Crippen molar-refractivity contribution in [1.82, 2.24) is 15.5 Å². The van der Waals surface area contributed by atoms with Crippen LogP contribution in [0.1, 0.15) is 52.1 Å². The number of likely N-dealkylation sites (tertiary alicyclic amines) is 1. The Morgan fingerprint density at radius 1 is 1.22 bits per heavy atom. The van der Waals surface area contributed by atoms with E-state index in [1.165, 1.54) is 5.56 Å². The fourth-order valence-corrected chi connectivity index (χ4v) is 3.60. The van der Waals surface area contributed by atoms with E-state index in [-0.39, 0.29) is 24.7 Å². The largest absolute Gasteiger partial charge is 0.481 e. The lowest BCUT2D eigenvalue weighted by atomic mass is 9.90. The van der Waals surface area contributed by atoms with Gasteiger partial charge in [0.2, 0.25) is 0 Å². The molecule has 6 heteroatoms. The summed E-state index contributed by atoms with van der Waals surface area (Å²) in [5, 5.41) is 15.9. The second-order valence-corrected chi connectivity index (χ2v) is 8.35. The van der Waals surface area contributed by atoms with Gasteiger partial charge in [-0.25, -0.2) is 4.79 Å². The van der Waals surface area contributed by atoms with E-state index in [1.807, 2.05) is 18.2 Å². The van der Waals surface area contributed by atoms with Crippen molar-refractivity contribution >= 4 is 12.0 Å².